The van der Waals surface area contributed by atoms with Crippen molar-refractivity contribution >= 4 is 17.4 Å². The number of halogens is 1. The number of hydrogen-bond acceptors (Lipinski definition) is 6. The molecule has 0 atom stereocenters. The number of pyridine rings is 1. The van der Waals surface area contributed by atoms with Crippen molar-refractivity contribution in [2.24, 2.45) is 0 Å². The van der Waals surface area contributed by atoms with Crippen LogP contribution in [0, 0.1) is 18.3 Å². The zero-order valence-electron chi connectivity index (χ0n) is 15.8. The van der Waals surface area contributed by atoms with Crippen molar-refractivity contribution in [3.05, 3.63) is 85.7 Å². The number of carbonyl (C=O) groups excluding carboxylic acids is 1. The summed E-state index contributed by atoms with van der Waals surface area (Å²) in [6.07, 6.45) is 0. The van der Waals surface area contributed by atoms with Crippen LogP contribution in [0.2, 0.25) is 5.02 Å². The van der Waals surface area contributed by atoms with Crippen molar-refractivity contribution in [1.29, 1.82) is 5.26 Å². The number of rotatable bonds is 4. The van der Waals surface area contributed by atoms with Crippen LogP contribution in [-0.4, -0.2) is 22.2 Å². The number of benzene rings is 2. The van der Waals surface area contributed by atoms with Crippen molar-refractivity contribution in [3.63, 3.8) is 0 Å². The molecule has 1 aliphatic rings. The van der Waals surface area contributed by atoms with Gasteiger partial charge in [0.15, 0.2) is 17.3 Å². The summed E-state index contributed by atoms with van der Waals surface area (Å²) in [6, 6.07) is 13.2. The van der Waals surface area contributed by atoms with Crippen LogP contribution in [0.5, 0.6) is 17.4 Å². The molecule has 0 saturated carbocycles. The molecule has 7 nitrogen and oxygen atoms in total. The summed E-state index contributed by atoms with van der Waals surface area (Å²) in [5.41, 5.74) is -0.0311. The molecule has 0 amide bonds. The zero-order valence-corrected chi connectivity index (χ0v) is 16.6. The Balaban J connectivity index is 1.85. The minimum Gasteiger partial charge on any atom is -0.494 e. The van der Waals surface area contributed by atoms with E-state index in [-0.39, 0.29) is 35.6 Å². The highest BCUT2D eigenvalue weighted by molar-refractivity contribution is 6.31. The fourth-order valence-corrected chi connectivity index (χ4v) is 3.56. The first-order valence-electron chi connectivity index (χ1n) is 8.96. The first-order chi connectivity index (χ1) is 14.4. The monoisotopic (exact) mass is 422 g/mol. The van der Waals surface area contributed by atoms with Crippen LogP contribution < -0.4 is 15.0 Å². The maximum Gasteiger partial charge on any atom is 0.271 e. The SMILES string of the molecule is Cc1c(C(=O)c2cccc(Cl)c2)c(O)n(Cc2ccc3c(c2)OCO3)c(=O)c1C#N. The Morgan fingerprint density at radius 2 is 2.00 bits per heavy atom. The molecule has 1 aromatic heterocycles. The van der Waals surface area contributed by atoms with Gasteiger partial charge in [0, 0.05) is 10.6 Å². The lowest BCUT2D eigenvalue weighted by molar-refractivity contribution is 0.103. The Bertz CT molecular complexity index is 1290. The molecule has 0 unspecified atom stereocenters. The van der Waals surface area contributed by atoms with Gasteiger partial charge in [-0.25, -0.2) is 0 Å². The van der Waals surface area contributed by atoms with Crippen LogP contribution in [0.15, 0.2) is 47.3 Å². The van der Waals surface area contributed by atoms with E-state index < -0.39 is 17.2 Å². The third-order valence-corrected chi connectivity index (χ3v) is 5.13. The van der Waals surface area contributed by atoms with Crippen molar-refractivity contribution in [3.8, 4) is 23.4 Å². The number of ether oxygens (including phenoxy) is 2. The van der Waals surface area contributed by atoms with E-state index in [2.05, 4.69) is 0 Å². The number of carbonyl (C=O) groups is 1. The first kappa shape index (κ1) is 19.6. The lowest BCUT2D eigenvalue weighted by atomic mass is 9.97. The van der Waals surface area contributed by atoms with Gasteiger partial charge in [-0.2, -0.15) is 5.26 Å². The number of aromatic hydroxyl groups is 1. The lowest BCUT2D eigenvalue weighted by Gasteiger charge is -2.16. The summed E-state index contributed by atoms with van der Waals surface area (Å²) in [6.45, 7) is 1.50. The molecule has 3 aromatic rings. The average molecular weight is 423 g/mol. The van der Waals surface area contributed by atoms with Crippen molar-refractivity contribution in [2.45, 2.75) is 13.5 Å². The van der Waals surface area contributed by atoms with Gasteiger partial charge in [-0.05, 0) is 42.3 Å². The molecule has 0 aliphatic carbocycles. The van der Waals surface area contributed by atoms with Gasteiger partial charge in [-0.1, -0.05) is 29.8 Å². The van der Waals surface area contributed by atoms with E-state index in [1.165, 1.54) is 13.0 Å². The second-order valence-electron chi connectivity index (χ2n) is 6.73. The van der Waals surface area contributed by atoms with Crippen LogP contribution in [0.25, 0.3) is 0 Å². The quantitative estimate of drug-likeness (QED) is 0.646. The fourth-order valence-electron chi connectivity index (χ4n) is 3.37. The standard InChI is InChI=1S/C22H15ClN2O5/c1-12-16(9-24)21(27)25(10-13-5-6-17-18(7-13)30-11-29-17)22(28)19(12)20(26)14-3-2-4-15(23)8-14/h2-8,28H,10-11H2,1H3. The molecule has 0 spiro atoms. The normalized spacial score (nSPS) is 11.9. The van der Waals surface area contributed by atoms with Crippen LogP contribution >= 0.6 is 11.6 Å². The van der Waals surface area contributed by atoms with E-state index in [0.717, 1.165) is 4.57 Å². The van der Waals surface area contributed by atoms with Crippen LogP contribution in [0.3, 0.4) is 0 Å². The molecule has 0 bridgehead atoms. The molecule has 150 valence electrons. The smallest absolute Gasteiger partial charge is 0.271 e. The van der Waals surface area contributed by atoms with E-state index in [4.69, 9.17) is 21.1 Å². The van der Waals surface area contributed by atoms with Gasteiger partial charge in [0.25, 0.3) is 5.56 Å². The molecule has 0 fully saturated rings. The van der Waals surface area contributed by atoms with Gasteiger partial charge < -0.3 is 14.6 Å². The van der Waals surface area contributed by atoms with E-state index in [9.17, 15) is 20.0 Å². The highest BCUT2D eigenvalue weighted by Gasteiger charge is 2.25. The number of ketones is 1. The third-order valence-electron chi connectivity index (χ3n) is 4.89. The largest absolute Gasteiger partial charge is 0.494 e. The maximum atomic E-state index is 13.1. The molecular formula is C22H15ClN2O5. The van der Waals surface area contributed by atoms with Crippen molar-refractivity contribution < 1.29 is 19.4 Å². The summed E-state index contributed by atoms with van der Waals surface area (Å²) in [5.74, 6) is 0.0409. The van der Waals surface area contributed by atoms with Gasteiger partial charge in [0.1, 0.15) is 11.6 Å². The first-order valence-corrected chi connectivity index (χ1v) is 9.33. The second-order valence-corrected chi connectivity index (χ2v) is 7.17. The molecular weight excluding hydrogens is 408 g/mol. The van der Waals surface area contributed by atoms with E-state index in [0.29, 0.717) is 22.1 Å². The average Bonchev–Trinajstić information content (AvgIpc) is 3.19. The Kier molecular flexibility index (Phi) is 4.94. The summed E-state index contributed by atoms with van der Waals surface area (Å²) in [5, 5.41) is 20.7. The summed E-state index contributed by atoms with van der Waals surface area (Å²) in [7, 11) is 0. The molecule has 2 heterocycles. The molecule has 30 heavy (non-hydrogen) atoms. The second kappa shape index (κ2) is 7.58. The molecule has 2 aromatic carbocycles. The molecule has 0 saturated heterocycles. The topological polar surface area (TPSA) is 102 Å². The Morgan fingerprint density at radius 1 is 1.23 bits per heavy atom. The number of nitriles is 1. The van der Waals surface area contributed by atoms with Crippen LogP contribution in [-0.2, 0) is 6.54 Å². The predicted octanol–water partition coefficient (Wildman–Crippen LogP) is 3.40. The van der Waals surface area contributed by atoms with Gasteiger partial charge in [0.05, 0.1) is 12.1 Å². The summed E-state index contributed by atoms with van der Waals surface area (Å²) >= 11 is 5.98. The molecule has 1 N–H and O–H groups in total. The third kappa shape index (κ3) is 3.27. The van der Waals surface area contributed by atoms with Crippen molar-refractivity contribution in [1.82, 2.24) is 4.57 Å². The van der Waals surface area contributed by atoms with E-state index in [1.54, 1.807) is 36.4 Å². The van der Waals surface area contributed by atoms with Crippen molar-refractivity contribution in [2.75, 3.05) is 6.79 Å². The summed E-state index contributed by atoms with van der Waals surface area (Å²) < 4.78 is 11.6. The van der Waals surface area contributed by atoms with Gasteiger partial charge >= 0.3 is 0 Å². The predicted molar refractivity (Wildman–Crippen MR) is 108 cm³/mol. The highest BCUT2D eigenvalue weighted by Crippen LogP contribution is 2.33. The number of hydrogen-bond donors (Lipinski definition) is 1. The lowest BCUT2D eigenvalue weighted by Crippen LogP contribution is -2.27. The fraction of sp³-hybridized carbons (Fsp3) is 0.136. The van der Waals surface area contributed by atoms with E-state index in [1.807, 2.05) is 6.07 Å². The zero-order chi connectivity index (χ0) is 21.4. The summed E-state index contributed by atoms with van der Waals surface area (Å²) in [4.78, 5) is 25.9. The van der Waals surface area contributed by atoms with Gasteiger partial charge in [-0.3, -0.25) is 14.2 Å². The van der Waals surface area contributed by atoms with Crippen LogP contribution in [0.1, 0.15) is 32.6 Å². The molecule has 1 aliphatic heterocycles. The minimum absolute atomic E-state index is 0.0634. The maximum absolute atomic E-state index is 13.1. The van der Waals surface area contributed by atoms with E-state index >= 15 is 0 Å². The number of fused-ring (bicyclic) bond motifs is 1. The molecule has 8 heteroatoms. The Hall–Kier alpha value is -3.76. The number of nitrogens with zero attached hydrogens (tertiary/aromatic N) is 2. The Morgan fingerprint density at radius 3 is 2.73 bits per heavy atom. The van der Waals surface area contributed by atoms with Gasteiger partial charge in [0.2, 0.25) is 12.7 Å². The molecule has 4 rings (SSSR count). The van der Waals surface area contributed by atoms with Crippen LogP contribution in [0.4, 0.5) is 0 Å². The minimum atomic E-state index is -0.687. The Labute approximate surface area is 176 Å². The number of aromatic nitrogens is 1. The molecule has 0 radical (unpaired) electrons. The highest BCUT2D eigenvalue weighted by atomic mass is 35.5. The van der Waals surface area contributed by atoms with Gasteiger partial charge in [-0.15, -0.1) is 0 Å².